The van der Waals surface area contributed by atoms with Gasteiger partial charge in [-0.25, -0.2) is 8.78 Å². The number of hydrogen-bond donors (Lipinski definition) is 0. The van der Waals surface area contributed by atoms with Crippen LogP contribution in [0.4, 0.5) is 8.78 Å². The van der Waals surface area contributed by atoms with E-state index in [0.29, 0.717) is 5.56 Å². The highest BCUT2D eigenvalue weighted by Crippen LogP contribution is 2.10. The van der Waals surface area contributed by atoms with Gasteiger partial charge in [-0.05, 0) is 30.3 Å². The van der Waals surface area contributed by atoms with Crippen LogP contribution in [-0.4, -0.2) is 11.8 Å². The second-order valence-electron chi connectivity index (χ2n) is 4.68. The second-order valence-corrected chi connectivity index (χ2v) is 4.68. The monoisotopic (exact) mass is 304 g/mol. The number of ketones is 1. The lowest BCUT2D eigenvalue weighted by Crippen LogP contribution is -2.09. The normalized spacial score (nSPS) is 10.3. The van der Waals surface area contributed by atoms with Crippen molar-refractivity contribution in [2.45, 2.75) is 19.4 Å². The Morgan fingerprint density at radius 1 is 0.909 bits per heavy atom. The van der Waals surface area contributed by atoms with Gasteiger partial charge < -0.3 is 4.74 Å². The van der Waals surface area contributed by atoms with Gasteiger partial charge >= 0.3 is 5.97 Å². The van der Waals surface area contributed by atoms with Crippen LogP contribution in [0.1, 0.15) is 28.8 Å². The van der Waals surface area contributed by atoms with E-state index in [9.17, 15) is 18.4 Å². The van der Waals surface area contributed by atoms with Crippen molar-refractivity contribution in [1.29, 1.82) is 0 Å². The topological polar surface area (TPSA) is 43.4 Å². The van der Waals surface area contributed by atoms with Crippen molar-refractivity contribution in [3.8, 4) is 0 Å². The highest BCUT2D eigenvalue weighted by Gasteiger charge is 2.11. The Balaban J connectivity index is 1.79. The summed E-state index contributed by atoms with van der Waals surface area (Å²) in [5.74, 6) is -1.74. The minimum Gasteiger partial charge on any atom is -0.461 e. The Hall–Kier alpha value is -2.56. The number of carbonyl (C=O) groups is 2. The molecule has 0 spiro atoms. The van der Waals surface area contributed by atoms with Gasteiger partial charge in [-0.15, -0.1) is 0 Å². The Labute approximate surface area is 126 Å². The van der Waals surface area contributed by atoms with Crippen LogP contribution in [0.15, 0.2) is 48.5 Å². The van der Waals surface area contributed by atoms with Crippen molar-refractivity contribution in [2.75, 3.05) is 0 Å². The number of Topliss-reactive ketones (excluding diaryl/α,β-unsaturated/α-hetero) is 1. The molecule has 0 unspecified atom stereocenters. The Morgan fingerprint density at radius 3 is 2.27 bits per heavy atom. The predicted molar refractivity (Wildman–Crippen MR) is 76.2 cm³/mol. The molecule has 114 valence electrons. The van der Waals surface area contributed by atoms with Gasteiger partial charge in [-0.1, -0.05) is 18.2 Å². The number of halogens is 2. The first-order valence-electron chi connectivity index (χ1n) is 6.74. The van der Waals surface area contributed by atoms with E-state index in [1.54, 1.807) is 12.1 Å². The van der Waals surface area contributed by atoms with Crippen molar-refractivity contribution in [3.63, 3.8) is 0 Å². The zero-order valence-electron chi connectivity index (χ0n) is 11.7. The van der Waals surface area contributed by atoms with Gasteiger partial charge in [0.2, 0.25) is 0 Å². The highest BCUT2D eigenvalue weighted by molar-refractivity contribution is 5.97. The summed E-state index contributed by atoms with van der Waals surface area (Å²) in [6, 6.07) is 11.1. The van der Waals surface area contributed by atoms with Crippen LogP contribution in [0.2, 0.25) is 0 Å². The van der Waals surface area contributed by atoms with Gasteiger partial charge in [0.05, 0.1) is 6.42 Å². The molecule has 0 aliphatic heterocycles. The summed E-state index contributed by atoms with van der Waals surface area (Å²) in [5.41, 5.74) is 0.615. The molecule has 0 aliphatic rings. The molecule has 0 saturated carbocycles. The highest BCUT2D eigenvalue weighted by atomic mass is 19.1. The summed E-state index contributed by atoms with van der Waals surface area (Å²) in [5, 5.41) is 0. The van der Waals surface area contributed by atoms with Crippen LogP contribution in [0.5, 0.6) is 0 Å². The van der Waals surface area contributed by atoms with Crippen LogP contribution in [0, 0.1) is 11.6 Å². The number of rotatable bonds is 6. The van der Waals surface area contributed by atoms with E-state index < -0.39 is 17.6 Å². The molecule has 0 amide bonds. The Morgan fingerprint density at radius 2 is 1.59 bits per heavy atom. The predicted octanol–water partition coefficient (Wildman–Crippen LogP) is 3.67. The van der Waals surface area contributed by atoms with Crippen molar-refractivity contribution in [3.05, 3.63) is 71.3 Å². The molecule has 2 aromatic carbocycles. The average molecular weight is 304 g/mol. The fourth-order valence-corrected chi connectivity index (χ4v) is 1.84. The first-order chi connectivity index (χ1) is 10.6. The summed E-state index contributed by atoms with van der Waals surface area (Å²) in [4.78, 5) is 23.4. The molecule has 0 aliphatic carbocycles. The van der Waals surface area contributed by atoms with E-state index in [1.165, 1.54) is 36.4 Å². The largest absolute Gasteiger partial charge is 0.461 e. The van der Waals surface area contributed by atoms with E-state index in [-0.39, 0.29) is 30.8 Å². The molecule has 0 radical (unpaired) electrons. The molecule has 3 nitrogen and oxygen atoms in total. The van der Waals surface area contributed by atoms with Gasteiger partial charge in [-0.2, -0.15) is 0 Å². The van der Waals surface area contributed by atoms with E-state index in [0.717, 1.165) is 0 Å². The summed E-state index contributed by atoms with van der Waals surface area (Å²) in [7, 11) is 0. The maximum atomic E-state index is 13.3. The van der Waals surface area contributed by atoms with Crippen LogP contribution in [0.3, 0.4) is 0 Å². The number of carbonyl (C=O) groups excluding carboxylic acids is 2. The summed E-state index contributed by atoms with van der Waals surface area (Å²) in [6.45, 7) is -0.170. The zero-order valence-corrected chi connectivity index (χ0v) is 11.7. The molecule has 2 aromatic rings. The Kier molecular flexibility index (Phi) is 5.36. The molecule has 0 heterocycles. The van der Waals surface area contributed by atoms with Crippen LogP contribution in [0.25, 0.3) is 0 Å². The van der Waals surface area contributed by atoms with Crippen LogP contribution in [-0.2, 0) is 16.1 Å². The molecule has 5 heteroatoms. The van der Waals surface area contributed by atoms with Crippen LogP contribution >= 0.6 is 0 Å². The molecular formula is C17H14F2O3. The van der Waals surface area contributed by atoms with Gasteiger partial charge in [0, 0.05) is 17.5 Å². The number of esters is 1. The molecule has 0 aromatic heterocycles. The van der Waals surface area contributed by atoms with Gasteiger partial charge in [-0.3, -0.25) is 9.59 Å². The van der Waals surface area contributed by atoms with Gasteiger partial charge in [0.1, 0.15) is 18.2 Å². The van der Waals surface area contributed by atoms with Crippen molar-refractivity contribution in [2.24, 2.45) is 0 Å². The van der Waals surface area contributed by atoms with E-state index in [4.69, 9.17) is 4.74 Å². The first kappa shape index (κ1) is 15.8. The first-order valence-corrected chi connectivity index (χ1v) is 6.74. The van der Waals surface area contributed by atoms with Gasteiger partial charge in [0.25, 0.3) is 0 Å². The zero-order chi connectivity index (χ0) is 15.9. The molecule has 22 heavy (non-hydrogen) atoms. The molecular weight excluding hydrogens is 290 g/mol. The molecule has 0 fully saturated rings. The van der Waals surface area contributed by atoms with E-state index in [2.05, 4.69) is 0 Å². The average Bonchev–Trinajstić information content (AvgIpc) is 2.52. The third-order valence-corrected chi connectivity index (χ3v) is 3.07. The maximum absolute atomic E-state index is 13.3. The Bertz CT molecular complexity index is 666. The minimum atomic E-state index is -0.585. The molecule has 0 bridgehead atoms. The van der Waals surface area contributed by atoms with Crippen LogP contribution < -0.4 is 0 Å². The number of benzene rings is 2. The number of hydrogen-bond acceptors (Lipinski definition) is 3. The second kappa shape index (κ2) is 7.45. The lowest BCUT2D eigenvalue weighted by Gasteiger charge is -2.05. The third-order valence-electron chi connectivity index (χ3n) is 3.07. The fraction of sp³-hybridized carbons (Fsp3) is 0.176. The maximum Gasteiger partial charge on any atom is 0.306 e. The van der Waals surface area contributed by atoms with E-state index >= 15 is 0 Å². The number of ether oxygens (including phenoxy) is 1. The minimum absolute atomic E-state index is 0.0399. The van der Waals surface area contributed by atoms with E-state index in [1.807, 2.05) is 0 Å². The summed E-state index contributed by atoms with van der Waals surface area (Å²) < 4.78 is 31.0. The van der Waals surface area contributed by atoms with Gasteiger partial charge in [0.15, 0.2) is 5.78 Å². The van der Waals surface area contributed by atoms with Crippen molar-refractivity contribution < 1.29 is 23.1 Å². The molecule has 0 saturated heterocycles. The molecule has 0 N–H and O–H groups in total. The quantitative estimate of drug-likeness (QED) is 0.604. The lowest BCUT2D eigenvalue weighted by atomic mass is 10.1. The SMILES string of the molecule is O=C(CCC(=O)c1ccc(F)cc1)OCc1ccccc1F. The van der Waals surface area contributed by atoms with Crippen molar-refractivity contribution in [1.82, 2.24) is 0 Å². The van der Waals surface area contributed by atoms with Crippen molar-refractivity contribution >= 4 is 11.8 Å². The molecule has 0 atom stereocenters. The smallest absolute Gasteiger partial charge is 0.306 e. The standard InChI is InChI=1S/C17H14F2O3/c18-14-7-5-12(6-8-14)16(20)9-10-17(21)22-11-13-3-1-2-4-15(13)19/h1-8H,9-11H2. The fourth-order valence-electron chi connectivity index (χ4n) is 1.84. The molecule has 2 rings (SSSR count). The lowest BCUT2D eigenvalue weighted by molar-refractivity contribution is -0.144. The summed E-state index contributed by atoms with van der Waals surface area (Å²) in [6.07, 6.45) is -0.146. The summed E-state index contributed by atoms with van der Waals surface area (Å²) >= 11 is 0. The third kappa shape index (κ3) is 4.48.